The van der Waals surface area contributed by atoms with Crippen molar-refractivity contribution >= 4 is 17.5 Å². The first-order chi connectivity index (χ1) is 17.0. The first kappa shape index (κ1) is 23.1. The van der Waals surface area contributed by atoms with Crippen LogP contribution in [0.4, 0.5) is 8.78 Å². The third kappa shape index (κ3) is 5.23. The molecule has 4 aromatic rings. The maximum atomic E-state index is 13.5. The lowest BCUT2D eigenvalue weighted by Gasteiger charge is -2.34. The standard InChI is InChI=1S/C26H21ClF2N4O2/c27-21-6-2-5-19(14-21)25-30-24(31-35-25)18-4-1-3-17(13-18)16-32-9-11-33(12-10-32)26(34)20-7-8-22(28)23(29)15-20/h1-8,13-15H,9-12,16H2. The fraction of sp³-hybridized carbons (Fsp3) is 0.192. The molecule has 178 valence electrons. The van der Waals surface area contributed by atoms with Gasteiger partial charge >= 0.3 is 0 Å². The Kier molecular flexibility index (Phi) is 6.57. The summed E-state index contributed by atoms with van der Waals surface area (Å²) in [6.07, 6.45) is 0. The maximum absolute atomic E-state index is 13.5. The normalized spacial score (nSPS) is 14.3. The summed E-state index contributed by atoms with van der Waals surface area (Å²) in [7, 11) is 0. The van der Waals surface area contributed by atoms with Crippen LogP contribution in [-0.4, -0.2) is 52.0 Å². The van der Waals surface area contributed by atoms with Gasteiger partial charge in [0.15, 0.2) is 11.6 Å². The van der Waals surface area contributed by atoms with Crippen molar-refractivity contribution in [1.82, 2.24) is 19.9 Å². The van der Waals surface area contributed by atoms with Gasteiger partial charge in [-0.2, -0.15) is 4.98 Å². The zero-order valence-electron chi connectivity index (χ0n) is 18.6. The summed E-state index contributed by atoms with van der Waals surface area (Å²) in [6, 6.07) is 18.4. The van der Waals surface area contributed by atoms with Gasteiger partial charge in [0.25, 0.3) is 11.8 Å². The van der Waals surface area contributed by atoms with Gasteiger partial charge in [0.1, 0.15) is 0 Å². The largest absolute Gasteiger partial charge is 0.336 e. The molecule has 0 saturated carbocycles. The number of nitrogens with zero attached hydrogens (tertiary/aromatic N) is 4. The van der Waals surface area contributed by atoms with Gasteiger partial charge in [0.05, 0.1) is 0 Å². The molecule has 0 radical (unpaired) electrons. The van der Waals surface area contributed by atoms with Crippen molar-refractivity contribution in [2.75, 3.05) is 26.2 Å². The van der Waals surface area contributed by atoms with E-state index in [1.54, 1.807) is 17.0 Å². The van der Waals surface area contributed by atoms with Crippen LogP contribution < -0.4 is 0 Å². The molecule has 0 spiro atoms. The number of aromatic nitrogens is 2. The number of halogens is 3. The molecule has 1 saturated heterocycles. The molecule has 0 N–H and O–H groups in total. The van der Waals surface area contributed by atoms with E-state index in [0.717, 1.165) is 28.8 Å². The Labute approximate surface area is 205 Å². The molecule has 1 fully saturated rings. The highest BCUT2D eigenvalue weighted by molar-refractivity contribution is 6.30. The number of hydrogen-bond donors (Lipinski definition) is 0. The molecule has 2 heterocycles. The summed E-state index contributed by atoms with van der Waals surface area (Å²) in [4.78, 5) is 21.0. The molecule has 1 aliphatic rings. The van der Waals surface area contributed by atoms with Crippen molar-refractivity contribution in [2.24, 2.45) is 0 Å². The summed E-state index contributed by atoms with van der Waals surface area (Å²) < 4.78 is 32.1. The van der Waals surface area contributed by atoms with E-state index in [1.165, 1.54) is 6.07 Å². The number of hydrogen-bond acceptors (Lipinski definition) is 5. The van der Waals surface area contributed by atoms with E-state index in [1.807, 2.05) is 36.4 Å². The minimum atomic E-state index is -1.02. The van der Waals surface area contributed by atoms with E-state index in [-0.39, 0.29) is 11.5 Å². The van der Waals surface area contributed by atoms with Gasteiger partial charge < -0.3 is 9.42 Å². The Morgan fingerprint density at radius 3 is 2.46 bits per heavy atom. The molecular formula is C26H21ClF2N4O2. The van der Waals surface area contributed by atoms with Gasteiger partial charge in [0, 0.05) is 54.4 Å². The maximum Gasteiger partial charge on any atom is 0.258 e. The summed E-state index contributed by atoms with van der Waals surface area (Å²) in [6.45, 7) is 3.04. The van der Waals surface area contributed by atoms with E-state index in [2.05, 4.69) is 15.0 Å². The number of carbonyl (C=O) groups is 1. The predicted molar refractivity (Wildman–Crippen MR) is 128 cm³/mol. The lowest BCUT2D eigenvalue weighted by Crippen LogP contribution is -2.48. The molecule has 1 aromatic heterocycles. The number of piperazine rings is 1. The number of carbonyl (C=O) groups excluding carboxylic acids is 1. The van der Waals surface area contributed by atoms with Gasteiger partial charge in [-0.3, -0.25) is 9.69 Å². The van der Waals surface area contributed by atoms with Crippen molar-refractivity contribution < 1.29 is 18.1 Å². The quantitative estimate of drug-likeness (QED) is 0.377. The van der Waals surface area contributed by atoms with Crippen LogP contribution in [0.5, 0.6) is 0 Å². The third-order valence-electron chi connectivity index (χ3n) is 5.92. The Balaban J connectivity index is 1.21. The van der Waals surface area contributed by atoms with Crippen LogP contribution in [0.2, 0.25) is 5.02 Å². The number of rotatable bonds is 5. The second-order valence-corrected chi connectivity index (χ2v) is 8.77. The zero-order valence-corrected chi connectivity index (χ0v) is 19.4. The smallest absolute Gasteiger partial charge is 0.258 e. The van der Waals surface area contributed by atoms with Crippen molar-refractivity contribution in [3.63, 3.8) is 0 Å². The van der Waals surface area contributed by atoms with Crippen LogP contribution in [0.3, 0.4) is 0 Å². The molecule has 5 rings (SSSR count). The monoisotopic (exact) mass is 494 g/mol. The SMILES string of the molecule is O=C(c1ccc(F)c(F)c1)N1CCN(Cc2cccc(-c3noc(-c4cccc(Cl)c4)n3)c2)CC1. The van der Waals surface area contributed by atoms with Crippen molar-refractivity contribution in [2.45, 2.75) is 6.54 Å². The lowest BCUT2D eigenvalue weighted by atomic mass is 10.1. The molecule has 1 aliphatic heterocycles. The zero-order chi connectivity index (χ0) is 24.4. The Morgan fingerprint density at radius 1 is 0.914 bits per heavy atom. The highest BCUT2D eigenvalue weighted by Gasteiger charge is 2.23. The lowest BCUT2D eigenvalue weighted by molar-refractivity contribution is 0.0628. The average molecular weight is 495 g/mol. The van der Waals surface area contributed by atoms with Crippen LogP contribution in [0, 0.1) is 11.6 Å². The summed E-state index contributed by atoms with van der Waals surface area (Å²) in [5, 5.41) is 4.71. The third-order valence-corrected chi connectivity index (χ3v) is 6.15. The molecule has 9 heteroatoms. The summed E-state index contributed by atoms with van der Waals surface area (Å²) in [5.41, 5.74) is 2.83. The first-order valence-corrected chi connectivity index (χ1v) is 11.5. The molecule has 1 amide bonds. The van der Waals surface area contributed by atoms with Crippen LogP contribution in [-0.2, 0) is 6.54 Å². The molecule has 0 aliphatic carbocycles. The molecule has 0 bridgehead atoms. The van der Waals surface area contributed by atoms with Crippen LogP contribution >= 0.6 is 11.6 Å². The van der Waals surface area contributed by atoms with E-state index >= 15 is 0 Å². The minimum Gasteiger partial charge on any atom is -0.336 e. The molecule has 6 nitrogen and oxygen atoms in total. The second-order valence-electron chi connectivity index (χ2n) is 8.33. The van der Waals surface area contributed by atoms with Gasteiger partial charge in [-0.15, -0.1) is 0 Å². The van der Waals surface area contributed by atoms with Crippen LogP contribution in [0.1, 0.15) is 15.9 Å². The topological polar surface area (TPSA) is 62.5 Å². The van der Waals surface area contributed by atoms with E-state index in [4.69, 9.17) is 16.1 Å². The average Bonchev–Trinajstić information content (AvgIpc) is 3.37. The summed E-state index contributed by atoms with van der Waals surface area (Å²) in [5.74, 6) is -1.39. The highest BCUT2D eigenvalue weighted by Crippen LogP contribution is 2.25. The van der Waals surface area contributed by atoms with Crippen molar-refractivity contribution in [3.05, 3.63) is 94.5 Å². The summed E-state index contributed by atoms with van der Waals surface area (Å²) >= 11 is 6.06. The van der Waals surface area contributed by atoms with E-state index in [0.29, 0.717) is 49.5 Å². The molecule has 0 atom stereocenters. The number of benzene rings is 3. The number of amides is 1. The molecule has 0 unspecified atom stereocenters. The Bertz CT molecular complexity index is 1370. The van der Waals surface area contributed by atoms with Gasteiger partial charge in [0.2, 0.25) is 5.82 Å². The molecule has 3 aromatic carbocycles. The van der Waals surface area contributed by atoms with E-state index in [9.17, 15) is 13.6 Å². The Hall–Kier alpha value is -3.62. The first-order valence-electron chi connectivity index (χ1n) is 11.1. The van der Waals surface area contributed by atoms with Gasteiger partial charge in [-0.05, 0) is 48.0 Å². The minimum absolute atomic E-state index is 0.155. The van der Waals surface area contributed by atoms with Gasteiger partial charge in [-0.25, -0.2) is 8.78 Å². The van der Waals surface area contributed by atoms with Crippen molar-refractivity contribution in [1.29, 1.82) is 0 Å². The highest BCUT2D eigenvalue weighted by atomic mass is 35.5. The van der Waals surface area contributed by atoms with Crippen LogP contribution in [0.15, 0.2) is 71.3 Å². The molecule has 35 heavy (non-hydrogen) atoms. The fourth-order valence-electron chi connectivity index (χ4n) is 4.07. The fourth-order valence-corrected chi connectivity index (χ4v) is 4.26. The van der Waals surface area contributed by atoms with Crippen LogP contribution in [0.25, 0.3) is 22.8 Å². The predicted octanol–water partition coefficient (Wildman–Crippen LogP) is 5.29. The van der Waals surface area contributed by atoms with Gasteiger partial charge in [-0.1, -0.05) is 41.0 Å². The second kappa shape index (κ2) is 9.93. The van der Waals surface area contributed by atoms with E-state index < -0.39 is 11.6 Å². The Morgan fingerprint density at radius 2 is 1.69 bits per heavy atom. The molecular weight excluding hydrogens is 474 g/mol. The van der Waals surface area contributed by atoms with Crippen molar-refractivity contribution in [3.8, 4) is 22.8 Å².